The molecule has 1 aliphatic rings. The zero-order valence-corrected chi connectivity index (χ0v) is 22.6. The van der Waals surface area contributed by atoms with Crippen LogP contribution >= 0.6 is 0 Å². The number of carbonyl (C=O) groups excluding carboxylic acids is 2. The molecule has 0 radical (unpaired) electrons. The third kappa shape index (κ3) is 7.95. The van der Waals surface area contributed by atoms with Gasteiger partial charge in [-0.1, -0.05) is 34.1 Å². The predicted molar refractivity (Wildman–Crippen MR) is 133 cm³/mol. The van der Waals surface area contributed by atoms with Gasteiger partial charge in [-0.3, -0.25) is 14.6 Å². The van der Waals surface area contributed by atoms with Crippen molar-refractivity contribution >= 4 is 17.6 Å². The van der Waals surface area contributed by atoms with Crippen LogP contribution in [0.4, 0.5) is 0 Å². The SMILES string of the molecule is CCC(C)C(C(CC(=O)N1CCCC1C(OC)C(C)C)OC)N(C)C(=O)CN=C(C)N(C)C. The molecule has 1 aliphatic heterocycles. The number of likely N-dealkylation sites (N-methyl/N-ethyl adjacent to an activating group) is 1. The number of hydrogen-bond acceptors (Lipinski definition) is 5. The predicted octanol–water partition coefficient (Wildman–Crippen LogP) is 2.91. The number of amidine groups is 1. The monoisotopic (exact) mass is 468 g/mol. The van der Waals surface area contributed by atoms with E-state index in [2.05, 4.69) is 32.7 Å². The van der Waals surface area contributed by atoms with Crippen LogP contribution in [0.15, 0.2) is 4.99 Å². The number of rotatable bonds is 12. The summed E-state index contributed by atoms with van der Waals surface area (Å²) in [5.74, 6) is 1.30. The second-order valence-electron chi connectivity index (χ2n) is 9.86. The van der Waals surface area contributed by atoms with Crippen LogP contribution in [-0.2, 0) is 19.1 Å². The standard InChI is InChI=1S/C25H48N4O4/c1-11-18(4)24(28(8)23(31)16-26-19(5)27(6)7)21(32-9)15-22(30)29-14-12-13-20(29)25(33-10)17(2)3/h17-18,20-21,24-25H,11-16H2,1-10H3. The molecule has 0 aromatic heterocycles. The summed E-state index contributed by atoms with van der Waals surface area (Å²) in [4.78, 5) is 36.4. The fraction of sp³-hybridized carbons (Fsp3) is 0.880. The van der Waals surface area contributed by atoms with E-state index in [1.54, 1.807) is 26.2 Å². The van der Waals surface area contributed by atoms with E-state index in [4.69, 9.17) is 9.47 Å². The minimum absolute atomic E-state index is 0.0184. The maximum atomic E-state index is 13.4. The molecule has 0 aliphatic carbocycles. The first-order valence-corrected chi connectivity index (χ1v) is 12.3. The van der Waals surface area contributed by atoms with E-state index in [1.807, 2.05) is 30.8 Å². The summed E-state index contributed by atoms with van der Waals surface area (Å²) in [6.45, 7) is 11.2. The van der Waals surface area contributed by atoms with Crippen molar-refractivity contribution in [3.8, 4) is 0 Å². The second-order valence-corrected chi connectivity index (χ2v) is 9.86. The zero-order valence-electron chi connectivity index (χ0n) is 22.6. The van der Waals surface area contributed by atoms with Crippen molar-refractivity contribution in [3.63, 3.8) is 0 Å². The first kappa shape index (κ1) is 29.4. The van der Waals surface area contributed by atoms with Gasteiger partial charge >= 0.3 is 0 Å². The molecule has 33 heavy (non-hydrogen) atoms. The minimum atomic E-state index is -0.387. The molecule has 0 aromatic rings. The Morgan fingerprint density at radius 1 is 1.12 bits per heavy atom. The van der Waals surface area contributed by atoms with Gasteiger partial charge in [-0.15, -0.1) is 0 Å². The quantitative estimate of drug-likeness (QED) is 0.325. The van der Waals surface area contributed by atoms with Crippen LogP contribution in [0.5, 0.6) is 0 Å². The molecule has 0 N–H and O–H groups in total. The summed E-state index contributed by atoms with van der Waals surface area (Å²) in [5, 5.41) is 0. The molecule has 192 valence electrons. The van der Waals surface area contributed by atoms with Crippen LogP contribution < -0.4 is 0 Å². The van der Waals surface area contributed by atoms with Gasteiger partial charge in [0.15, 0.2) is 0 Å². The topological polar surface area (TPSA) is 74.7 Å². The third-order valence-electron chi connectivity index (χ3n) is 7.15. The second kappa shape index (κ2) is 13.9. The highest BCUT2D eigenvalue weighted by Gasteiger charge is 2.39. The Morgan fingerprint density at radius 2 is 1.76 bits per heavy atom. The Balaban J connectivity index is 3.03. The fourth-order valence-electron chi connectivity index (χ4n) is 4.79. The van der Waals surface area contributed by atoms with Crippen LogP contribution in [0.25, 0.3) is 0 Å². The molecule has 1 rings (SSSR count). The Kier molecular flexibility index (Phi) is 12.4. The number of amides is 2. The molecule has 0 spiro atoms. The highest BCUT2D eigenvalue weighted by Crippen LogP contribution is 2.28. The fourth-order valence-corrected chi connectivity index (χ4v) is 4.79. The molecule has 8 heteroatoms. The van der Waals surface area contributed by atoms with Gasteiger partial charge < -0.3 is 24.2 Å². The molecule has 1 heterocycles. The maximum Gasteiger partial charge on any atom is 0.244 e. The van der Waals surface area contributed by atoms with Gasteiger partial charge in [-0.05, 0) is 31.6 Å². The number of ether oxygens (including phenoxy) is 2. The van der Waals surface area contributed by atoms with Gasteiger partial charge in [0.1, 0.15) is 6.54 Å². The van der Waals surface area contributed by atoms with E-state index < -0.39 is 0 Å². The molecule has 0 aromatic carbocycles. The van der Waals surface area contributed by atoms with Crippen molar-refractivity contribution in [1.82, 2.24) is 14.7 Å². The Morgan fingerprint density at radius 3 is 2.24 bits per heavy atom. The summed E-state index contributed by atoms with van der Waals surface area (Å²) in [6.07, 6.45) is 2.69. The van der Waals surface area contributed by atoms with Crippen LogP contribution in [0.2, 0.25) is 0 Å². The normalized spacial score (nSPS) is 20.5. The molecule has 2 amide bonds. The molecule has 0 saturated carbocycles. The van der Waals surface area contributed by atoms with Crippen LogP contribution in [-0.4, -0.2) is 105 Å². The van der Waals surface area contributed by atoms with E-state index in [-0.39, 0.29) is 55.0 Å². The Hall–Kier alpha value is -1.67. The van der Waals surface area contributed by atoms with Crippen molar-refractivity contribution in [2.75, 3.05) is 48.5 Å². The highest BCUT2D eigenvalue weighted by molar-refractivity contribution is 5.84. The van der Waals surface area contributed by atoms with Crippen molar-refractivity contribution in [1.29, 1.82) is 0 Å². The van der Waals surface area contributed by atoms with Gasteiger partial charge in [-0.2, -0.15) is 0 Å². The van der Waals surface area contributed by atoms with Crippen molar-refractivity contribution < 1.29 is 19.1 Å². The van der Waals surface area contributed by atoms with Gasteiger partial charge in [0.25, 0.3) is 0 Å². The molecule has 1 saturated heterocycles. The Bertz CT molecular complexity index is 652. The zero-order chi connectivity index (χ0) is 25.3. The summed E-state index contributed by atoms with van der Waals surface area (Å²) in [7, 11) is 8.97. The average molecular weight is 469 g/mol. The first-order chi connectivity index (χ1) is 15.5. The third-order valence-corrected chi connectivity index (χ3v) is 7.15. The largest absolute Gasteiger partial charge is 0.379 e. The van der Waals surface area contributed by atoms with E-state index in [1.165, 1.54) is 0 Å². The summed E-state index contributed by atoms with van der Waals surface area (Å²) in [6, 6.07) is -0.125. The molecule has 5 unspecified atom stereocenters. The van der Waals surface area contributed by atoms with Gasteiger partial charge in [0.05, 0.1) is 36.5 Å². The summed E-state index contributed by atoms with van der Waals surface area (Å²) >= 11 is 0. The van der Waals surface area contributed by atoms with Crippen LogP contribution in [0.3, 0.4) is 0 Å². The molecular weight excluding hydrogens is 420 g/mol. The maximum absolute atomic E-state index is 13.4. The van der Waals surface area contributed by atoms with Gasteiger partial charge in [-0.25, -0.2) is 0 Å². The number of methoxy groups -OCH3 is 2. The summed E-state index contributed by atoms with van der Waals surface area (Å²) < 4.78 is 11.6. The number of likely N-dealkylation sites (tertiary alicyclic amines) is 1. The van der Waals surface area contributed by atoms with Crippen molar-refractivity contribution in [2.45, 2.75) is 84.6 Å². The smallest absolute Gasteiger partial charge is 0.244 e. The number of nitrogens with zero attached hydrogens (tertiary/aromatic N) is 4. The average Bonchev–Trinajstić information content (AvgIpc) is 3.25. The van der Waals surface area contributed by atoms with Crippen LogP contribution in [0, 0.1) is 11.8 Å². The van der Waals surface area contributed by atoms with E-state index in [0.717, 1.165) is 31.6 Å². The number of carbonyl (C=O) groups is 2. The minimum Gasteiger partial charge on any atom is -0.379 e. The van der Waals surface area contributed by atoms with Gasteiger partial charge in [0, 0.05) is 41.9 Å². The lowest BCUT2D eigenvalue weighted by molar-refractivity contribution is -0.143. The first-order valence-electron chi connectivity index (χ1n) is 12.3. The summed E-state index contributed by atoms with van der Waals surface area (Å²) in [5.41, 5.74) is 0. The molecule has 5 atom stereocenters. The lowest BCUT2D eigenvalue weighted by Crippen LogP contribution is -2.52. The lowest BCUT2D eigenvalue weighted by Gasteiger charge is -2.39. The van der Waals surface area contributed by atoms with Crippen molar-refractivity contribution in [2.24, 2.45) is 16.8 Å². The van der Waals surface area contributed by atoms with E-state index >= 15 is 0 Å². The molecule has 0 bridgehead atoms. The molecule has 1 fully saturated rings. The number of aliphatic imine (C=N–C) groups is 1. The highest BCUT2D eigenvalue weighted by atomic mass is 16.5. The number of hydrogen-bond donors (Lipinski definition) is 0. The van der Waals surface area contributed by atoms with Crippen LogP contribution in [0.1, 0.15) is 60.3 Å². The van der Waals surface area contributed by atoms with Gasteiger partial charge in [0.2, 0.25) is 11.8 Å². The van der Waals surface area contributed by atoms with E-state index in [9.17, 15) is 9.59 Å². The molecule has 8 nitrogen and oxygen atoms in total. The Labute approximate surface area is 201 Å². The van der Waals surface area contributed by atoms with E-state index in [0.29, 0.717) is 5.92 Å². The van der Waals surface area contributed by atoms with Crippen molar-refractivity contribution in [3.05, 3.63) is 0 Å². The molecular formula is C25H48N4O4. The lowest BCUT2D eigenvalue weighted by atomic mass is 9.90.